The van der Waals surface area contributed by atoms with Gasteiger partial charge < -0.3 is 0 Å². The van der Waals surface area contributed by atoms with Gasteiger partial charge in [0.15, 0.2) is 6.01 Å². The van der Waals surface area contributed by atoms with E-state index in [0.717, 1.165) is 0 Å². The van der Waals surface area contributed by atoms with Crippen LogP contribution in [-0.2, 0) is 10.8 Å². The first-order chi connectivity index (χ1) is 3.95. The minimum atomic E-state index is -4.52. The molecule has 1 atom stereocenters. The van der Waals surface area contributed by atoms with Crippen molar-refractivity contribution >= 4 is 10.8 Å². The second-order valence-electron chi connectivity index (χ2n) is 1.31. The molecule has 0 amide bonds. The highest BCUT2D eigenvalue weighted by Gasteiger charge is 2.30. The van der Waals surface area contributed by atoms with Crippen molar-refractivity contribution in [2.24, 2.45) is 0 Å². The topological polar surface area (TPSA) is 17.1 Å². The van der Waals surface area contributed by atoms with Crippen LogP contribution in [0.4, 0.5) is 17.6 Å². The fourth-order valence-electron chi connectivity index (χ4n) is 0.221. The molecule has 0 N–H and O–H groups in total. The van der Waals surface area contributed by atoms with Gasteiger partial charge in [0.05, 0.1) is 10.8 Å². The molecule has 0 aliphatic heterocycles. The number of halogens is 4. The number of rotatable bonds is 2. The fraction of sp³-hybridized carbons (Fsp3) is 1.00. The smallest absolute Gasteiger partial charge is 0.257 e. The predicted molar refractivity (Wildman–Crippen MR) is 25.0 cm³/mol. The maximum Gasteiger partial charge on any atom is 0.400 e. The van der Waals surface area contributed by atoms with Crippen molar-refractivity contribution in [3.8, 4) is 0 Å². The van der Waals surface area contributed by atoms with Crippen molar-refractivity contribution in [3.05, 3.63) is 0 Å². The first-order valence-electron chi connectivity index (χ1n) is 1.93. The van der Waals surface area contributed by atoms with Gasteiger partial charge in [-0.05, 0) is 0 Å². The quantitative estimate of drug-likeness (QED) is 0.561. The Morgan fingerprint density at radius 2 is 1.78 bits per heavy atom. The minimum absolute atomic E-state index is 1.43. The molecule has 6 heteroatoms. The summed E-state index contributed by atoms with van der Waals surface area (Å²) in [7, 11) is -2.39. The van der Waals surface area contributed by atoms with Gasteiger partial charge in [0, 0.05) is 0 Å². The van der Waals surface area contributed by atoms with Gasteiger partial charge in [-0.15, -0.1) is 0 Å². The Bertz CT molecular complexity index is 109. The molecule has 0 aromatic heterocycles. The van der Waals surface area contributed by atoms with E-state index in [-0.39, 0.29) is 0 Å². The Labute approximate surface area is 51.5 Å². The molecule has 1 nitrogen and oxygen atoms in total. The molecule has 56 valence electrons. The van der Waals surface area contributed by atoms with Crippen molar-refractivity contribution < 1.29 is 21.8 Å². The zero-order valence-corrected chi connectivity index (χ0v) is 5.06. The first kappa shape index (κ1) is 8.87. The van der Waals surface area contributed by atoms with Crippen LogP contribution in [0.1, 0.15) is 0 Å². The highest BCUT2D eigenvalue weighted by Crippen LogP contribution is 2.15. The summed E-state index contributed by atoms with van der Waals surface area (Å²) >= 11 is 0. The van der Waals surface area contributed by atoms with E-state index in [1.165, 1.54) is 0 Å². The highest BCUT2D eigenvalue weighted by molar-refractivity contribution is 7.84. The van der Waals surface area contributed by atoms with Crippen LogP contribution >= 0.6 is 0 Å². The van der Waals surface area contributed by atoms with Crippen LogP contribution in [0.15, 0.2) is 0 Å². The maximum absolute atomic E-state index is 11.1. The lowest BCUT2D eigenvalue weighted by Crippen LogP contribution is -2.18. The number of hydrogen-bond donors (Lipinski definition) is 0. The third kappa shape index (κ3) is 5.75. The third-order valence-corrected chi connectivity index (χ3v) is 1.34. The second kappa shape index (κ2) is 3.14. The third-order valence-electron chi connectivity index (χ3n) is 0.446. The Hall–Kier alpha value is -0.130. The average molecular weight is 164 g/mol. The van der Waals surface area contributed by atoms with E-state index in [1.54, 1.807) is 0 Å². The molecule has 0 saturated carbocycles. The fourth-order valence-corrected chi connectivity index (χ4v) is 0.663. The Kier molecular flexibility index (Phi) is 3.10. The van der Waals surface area contributed by atoms with Gasteiger partial charge in [-0.3, -0.25) is 4.21 Å². The van der Waals surface area contributed by atoms with E-state index in [4.69, 9.17) is 0 Å². The molecule has 0 aliphatic rings. The zero-order chi connectivity index (χ0) is 7.49. The van der Waals surface area contributed by atoms with Crippen molar-refractivity contribution in [2.45, 2.75) is 6.18 Å². The zero-order valence-electron chi connectivity index (χ0n) is 4.24. The molecule has 0 rings (SSSR count). The Morgan fingerprint density at radius 3 is 1.89 bits per heavy atom. The van der Waals surface area contributed by atoms with Gasteiger partial charge in [0.2, 0.25) is 0 Å². The van der Waals surface area contributed by atoms with E-state index >= 15 is 0 Å². The second-order valence-corrected chi connectivity index (χ2v) is 2.69. The molecule has 1 unspecified atom stereocenters. The van der Waals surface area contributed by atoms with Gasteiger partial charge in [-0.2, -0.15) is 13.2 Å². The molecule has 0 bridgehead atoms. The largest absolute Gasteiger partial charge is 0.400 e. The molecule has 0 spiro atoms. The summed E-state index contributed by atoms with van der Waals surface area (Å²) in [4.78, 5) is 0. The summed E-state index contributed by atoms with van der Waals surface area (Å²) < 4.78 is 54.4. The van der Waals surface area contributed by atoms with Gasteiger partial charge in [-0.25, -0.2) is 4.39 Å². The highest BCUT2D eigenvalue weighted by atomic mass is 32.2. The van der Waals surface area contributed by atoms with Crippen molar-refractivity contribution in [1.29, 1.82) is 0 Å². The molecule has 0 aromatic rings. The molecule has 9 heavy (non-hydrogen) atoms. The monoisotopic (exact) mass is 164 g/mol. The first-order valence-corrected chi connectivity index (χ1v) is 3.42. The van der Waals surface area contributed by atoms with E-state index in [0.29, 0.717) is 0 Å². The summed E-state index contributed by atoms with van der Waals surface area (Å²) in [5.74, 6) is -1.55. The van der Waals surface area contributed by atoms with Gasteiger partial charge in [0.25, 0.3) is 0 Å². The lowest BCUT2D eigenvalue weighted by atomic mass is 10.8. The van der Waals surface area contributed by atoms with Crippen molar-refractivity contribution in [3.63, 3.8) is 0 Å². The molecule has 0 heterocycles. The standard InChI is InChI=1S/C3H4F4OS/c4-2-9(8)1-3(5,6)7/h1-2H2. The van der Waals surface area contributed by atoms with Crippen LogP contribution in [0.2, 0.25) is 0 Å². The van der Waals surface area contributed by atoms with Gasteiger partial charge >= 0.3 is 6.18 Å². The molecular weight excluding hydrogens is 160 g/mol. The van der Waals surface area contributed by atoms with Crippen molar-refractivity contribution in [2.75, 3.05) is 11.8 Å². The number of alkyl halides is 4. The summed E-state index contributed by atoms with van der Waals surface area (Å²) in [6.45, 7) is 0. The summed E-state index contributed by atoms with van der Waals surface area (Å²) in [6, 6.07) is -1.43. The molecule has 0 radical (unpaired) electrons. The molecule has 0 aliphatic carbocycles. The molecule has 0 aromatic carbocycles. The minimum Gasteiger partial charge on any atom is -0.257 e. The van der Waals surface area contributed by atoms with Crippen LogP contribution in [0, 0.1) is 0 Å². The van der Waals surface area contributed by atoms with E-state index < -0.39 is 28.7 Å². The summed E-state index contributed by atoms with van der Waals surface area (Å²) in [5.41, 5.74) is 0. The van der Waals surface area contributed by atoms with Crippen LogP contribution in [0.3, 0.4) is 0 Å². The Balaban J connectivity index is 3.60. The van der Waals surface area contributed by atoms with E-state index in [2.05, 4.69) is 0 Å². The molecule has 0 fully saturated rings. The summed E-state index contributed by atoms with van der Waals surface area (Å²) in [5, 5.41) is 0. The molecular formula is C3H4F4OS. The van der Waals surface area contributed by atoms with E-state index in [1.807, 2.05) is 0 Å². The lowest BCUT2D eigenvalue weighted by molar-refractivity contribution is -0.105. The maximum atomic E-state index is 11.1. The molecule has 0 saturated heterocycles. The average Bonchev–Trinajstić information content (AvgIpc) is 1.62. The SMILES string of the molecule is O=S(CF)CC(F)(F)F. The van der Waals surface area contributed by atoms with Crippen LogP contribution in [0.5, 0.6) is 0 Å². The lowest BCUT2D eigenvalue weighted by Gasteiger charge is -2.01. The summed E-state index contributed by atoms with van der Waals surface area (Å²) in [6.07, 6.45) is -4.52. The number of hydrogen-bond acceptors (Lipinski definition) is 1. The van der Waals surface area contributed by atoms with Crippen molar-refractivity contribution in [1.82, 2.24) is 0 Å². The van der Waals surface area contributed by atoms with E-state index in [9.17, 15) is 21.8 Å². The Morgan fingerprint density at radius 1 is 1.33 bits per heavy atom. The predicted octanol–water partition coefficient (Wildman–Crippen LogP) is 1.22. The van der Waals surface area contributed by atoms with Gasteiger partial charge in [-0.1, -0.05) is 0 Å². The van der Waals surface area contributed by atoms with Crippen LogP contribution in [0.25, 0.3) is 0 Å². The normalized spacial score (nSPS) is 15.6. The van der Waals surface area contributed by atoms with Crippen LogP contribution in [-0.4, -0.2) is 22.1 Å². The van der Waals surface area contributed by atoms with Crippen LogP contribution < -0.4 is 0 Å². The van der Waals surface area contributed by atoms with Gasteiger partial charge in [0.1, 0.15) is 5.75 Å².